The van der Waals surface area contributed by atoms with Gasteiger partial charge in [-0.3, -0.25) is 9.59 Å². The summed E-state index contributed by atoms with van der Waals surface area (Å²) in [4.78, 5) is 27.6. The highest BCUT2D eigenvalue weighted by Crippen LogP contribution is 2.32. The van der Waals surface area contributed by atoms with Crippen LogP contribution in [0.3, 0.4) is 0 Å². The average molecular weight is 598 g/mol. The van der Waals surface area contributed by atoms with Crippen molar-refractivity contribution in [3.63, 3.8) is 0 Å². The number of carbonyl (C=O) groups is 2. The maximum absolute atomic E-state index is 13.6. The van der Waals surface area contributed by atoms with Crippen LogP contribution in [0.25, 0.3) is 0 Å². The molecule has 7 nitrogen and oxygen atoms in total. The van der Waals surface area contributed by atoms with E-state index in [1.807, 2.05) is 37.3 Å². The van der Waals surface area contributed by atoms with Gasteiger partial charge in [-0.1, -0.05) is 42.5 Å². The van der Waals surface area contributed by atoms with Crippen molar-refractivity contribution in [3.05, 3.63) is 95.1 Å². The standard InChI is InChI=1S/C33H38F3N3O4/c1-4-43-27-18-23(17-26(20-27)39-15-9-14-30(39)41)31(42)38-28(16-22-10-6-5-7-11-22)29(40)21-37-32(2,3)24-12-8-13-25(19-24)33(34,35)36/h5-8,10-13,17-20,28-29,37,40H,4,9,14-16,21H2,1-3H3,(H,38,42)/t28-,29-/m0/s1. The van der Waals surface area contributed by atoms with E-state index in [9.17, 15) is 27.9 Å². The zero-order valence-corrected chi connectivity index (χ0v) is 24.6. The predicted octanol–water partition coefficient (Wildman–Crippen LogP) is 5.46. The number of benzene rings is 3. The molecule has 0 spiro atoms. The lowest BCUT2D eigenvalue weighted by molar-refractivity contribution is -0.137. The Labute approximate surface area is 250 Å². The second-order valence-corrected chi connectivity index (χ2v) is 11.2. The molecule has 0 aliphatic carbocycles. The van der Waals surface area contributed by atoms with Crippen LogP contribution in [0.4, 0.5) is 18.9 Å². The van der Waals surface area contributed by atoms with E-state index >= 15 is 0 Å². The molecular weight excluding hydrogens is 559 g/mol. The number of rotatable bonds is 12. The summed E-state index contributed by atoms with van der Waals surface area (Å²) >= 11 is 0. The van der Waals surface area contributed by atoms with Crippen LogP contribution >= 0.6 is 0 Å². The number of hydrogen-bond donors (Lipinski definition) is 3. The Morgan fingerprint density at radius 2 is 1.74 bits per heavy atom. The fraction of sp³-hybridized carbons (Fsp3) is 0.394. The van der Waals surface area contributed by atoms with Crippen LogP contribution in [0, 0.1) is 0 Å². The first kappa shape index (κ1) is 32.0. The van der Waals surface area contributed by atoms with Gasteiger partial charge in [-0.25, -0.2) is 0 Å². The molecule has 2 atom stereocenters. The number of halogens is 3. The van der Waals surface area contributed by atoms with E-state index in [0.29, 0.717) is 43.0 Å². The molecule has 0 bridgehead atoms. The molecule has 1 aliphatic heterocycles. The molecule has 3 aromatic carbocycles. The number of aliphatic hydroxyl groups excluding tert-OH is 1. The normalized spacial score (nSPS) is 15.3. The quantitative estimate of drug-likeness (QED) is 0.258. The maximum Gasteiger partial charge on any atom is 0.416 e. The molecule has 1 saturated heterocycles. The van der Waals surface area contributed by atoms with E-state index in [4.69, 9.17) is 4.74 Å². The smallest absolute Gasteiger partial charge is 0.416 e. The first-order valence-electron chi connectivity index (χ1n) is 14.4. The van der Waals surface area contributed by atoms with E-state index in [1.54, 1.807) is 43.0 Å². The molecule has 0 unspecified atom stereocenters. The minimum Gasteiger partial charge on any atom is -0.494 e. The van der Waals surface area contributed by atoms with Crippen LogP contribution < -0.4 is 20.3 Å². The molecule has 2 amide bonds. The van der Waals surface area contributed by atoms with Crippen molar-refractivity contribution in [1.29, 1.82) is 0 Å². The summed E-state index contributed by atoms with van der Waals surface area (Å²) in [5, 5.41) is 17.5. The van der Waals surface area contributed by atoms with Gasteiger partial charge in [-0.05, 0) is 69.0 Å². The monoisotopic (exact) mass is 597 g/mol. The van der Waals surface area contributed by atoms with Crippen LogP contribution in [0.2, 0.25) is 0 Å². The number of nitrogens with one attached hydrogen (secondary N) is 2. The first-order valence-corrected chi connectivity index (χ1v) is 14.4. The van der Waals surface area contributed by atoms with Crippen molar-refractivity contribution >= 4 is 17.5 Å². The van der Waals surface area contributed by atoms with E-state index in [-0.39, 0.29) is 18.0 Å². The average Bonchev–Trinajstić information content (AvgIpc) is 3.41. The lowest BCUT2D eigenvalue weighted by Crippen LogP contribution is -2.51. The molecule has 43 heavy (non-hydrogen) atoms. The zero-order chi connectivity index (χ0) is 31.2. The summed E-state index contributed by atoms with van der Waals surface area (Å²) in [6.45, 7) is 6.22. The van der Waals surface area contributed by atoms with Crippen molar-refractivity contribution in [1.82, 2.24) is 10.6 Å². The summed E-state index contributed by atoms with van der Waals surface area (Å²) in [6.07, 6.45) is -4.09. The number of amides is 2. The topological polar surface area (TPSA) is 90.9 Å². The number of aliphatic hydroxyl groups is 1. The van der Waals surface area contributed by atoms with Crippen molar-refractivity contribution in [2.24, 2.45) is 0 Å². The molecule has 1 aliphatic rings. The van der Waals surface area contributed by atoms with Crippen LogP contribution in [0.1, 0.15) is 60.7 Å². The number of ether oxygens (including phenoxy) is 1. The summed E-state index contributed by atoms with van der Waals surface area (Å²) in [7, 11) is 0. The number of hydrogen-bond acceptors (Lipinski definition) is 5. The summed E-state index contributed by atoms with van der Waals surface area (Å²) in [6, 6.07) is 18.7. The Balaban J connectivity index is 1.55. The van der Waals surface area contributed by atoms with Gasteiger partial charge >= 0.3 is 6.18 Å². The molecule has 0 radical (unpaired) electrons. The largest absolute Gasteiger partial charge is 0.494 e. The molecule has 4 rings (SSSR count). The predicted molar refractivity (Wildman–Crippen MR) is 159 cm³/mol. The Hall–Kier alpha value is -3.89. The maximum atomic E-state index is 13.6. The second-order valence-electron chi connectivity index (χ2n) is 11.2. The van der Waals surface area contributed by atoms with Crippen LogP contribution in [-0.4, -0.2) is 48.8 Å². The van der Waals surface area contributed by atoms with Crippen LogP contribution in [0.5, 0.6) is 5.75 Å². The van der Waals surface area contributed by atoms with Crippen LogP contribution in [0.15, 0.2) is 72.8 Å². The van der Waals surface area contributed by atoms with Gasteiger partial charge < -0.3 is 25.4 Å². The highest BCUT2D eigenvalue weighted by Gasteiger charge is 2.33. The zero-order valence-electron chi connectivity index (χ0n) is 24.6. The van der Waals surface area contributed by atoms with Crippen molar-refractivity contribution in [2.75, 3.05) is 24.6 Å². The number of alkyl halides is 3. The van der Waals surface area contributed by atoms with Crippen molar-refractivity contribution < 1.29 is 32.6 Å². The first-order chi connectivity index (χ1) is 20.4. The van der Waals surface area contributed by atoms with Crippen molar-refractivity contribution in [2.45, 2.75) is 63.9 Å². The van der Waals surface area contributed by atoms with Crippen LogP contribution in [-0.2, 0) is 22.9 Å². The Morgan fingerprint density at radius 1 is 1.02 bits per heavy atom. The van der Waals surface area contributed by atoms with Gasteiger partial charge in [-0.15, -0.1) is 0 Å². The van der Waals surface area contributed by atoms with E-state index in [2.05, 4.69) is 10.6 Å². The third-order valence-electron chi connectivity index (χ3n) is 7.59. The summed E-state index contributed by atoms with van der Waals surface area (Å²) in [5.41, 5.74) is 0.489. The van der Waals surface area contributed by atoms with Gasteiger partial charge in [0, 0.05) is 42.4 Å². The highest BCUT2D eigenvalue weighted by atomic mass is 19.4. The minimum absolute atomic E-state index is 0.00641. The molecular formula is C33H38F3N3O4. The molecule has 230 valence electrons. The number of anilines is 1. The SMILES string of the molecule is CCOc1cc(C(=O)N[C@@H](Cc2ccccc2)[C@@H](O)CNC(C)(C)c2cccc(C(F)(F)F)c2)cc(N2CCCC2=O)c1. The summed E-state index contributed by atoms with van der Waals surface area (Å²) in [5.74, 6) is -0.0204. The highest BCUT2D eigenvalue weighted by molar-refractivity contribution is 5.99. The lowest BCUT2D eigenvalue weighted by atomic mass is 9.92. The van der Waals surface area contributed by atoms with E-state index in [1.165, 1.54) is 6.07 Å². The van der Waals surface area contributed by atoms with Gasteiger partial charge in [-0.2, -0.15) is 13.2 Å². The molecule has 1 heterocycles. The van der Waals surface area contributed by atoms with E-state index in [0.717, 1.165) is 24.1 Å². The second kappa shape index (κ2) is 13.6. The Kier molecular flexibility index (Phi) is 10.1. The lowest BCUT2D eigenvalue weighted by Gasteiger charge is -2.32. The third-order valence-corrected chi connectivity index (χ3v) is 7.59. The Bertz CT molecular complexity index is 1410. The van der Waals surface area contributed by atoms with Gasteiger partial charge in [0.15, 0.2) is 0 Å². The van der Waals surface area contributed by atoms with Gasteiger partial charge in [0.1, 0.15) is 5.75 Å². The molecule has 0 aromatic heterocycles. The van der Waals surface area contributed by atoms with E-state index < -0.39 is 35.3 Å². The van der Waals surface area contributed by atoms with Gasteiger partial charge in [0.25, 0.3) is 5.91 Å². The number of nitrogens with zero attached hydrogens (tertiary/aromatic N) is 1. The van der Waals surface area contributed by atoms with Crippen molar-refractivity contribution in [3.8, 4) is 5.75 Å². The fourth-order valence-electron chi connectivity index (χ4n) is 5.13. The summed E-state index contributed by atoms with van der Waals surface area (Å²) < 4.78 is 45.6. The van der Waals surface area contributed by atoms with Gasteiger partial charge in [0.2, 0.25) is 5.91 Å². The molecule has 0 saturated carbocycles. The molecule has 3 aromatic rings. The molecule has 1 fully saturated rings. The number of carbonyl (C=O) groups excluding carboxylic acids is 2. The Morgan fingerprint density at radius 3 is 2.40 bits per heavy atom. The van der Waals surface area contributed by atoms with Gasteiger partial charge in [0.05, 0.1) is 24.3 Å². The fourth-order valence-corrected chi connectivity index (χ4v) is 5.13. The molecule has 3 N–H and O–H groups in total. The minimum atomic E-state index is -4.47. The third kappa shape index (κ3) is 8.36. The molecule has 10 heteroatoms.